The van der Waals surface area contributed by atoms with E-state index in [9.17, 15) is 9.18 Å². The fourth-order valence-corrected chi connectivity index (χ4v) is 3.92. The van der Waals surface area contributed by atoms with E-state index in [1.165, 1.54) is 18.2 Å². The van der Waals surface area contributed by atoms with Gasteiger partial charge in [-0.05, 0) is 55.3 Å². The normalized spacial score (nSPS) is 19.3. The Morgan fingerprint density at radius 3 is 2.82 bits per heavy atom. The van der Waals surface area contributed by atoms with Crippen molar-refractivity contribution in [2.24, 2.45) is 0 Å². The number of carbonyl (C=O) groups is 1. The Hall–Kier alpha value is -2.31. The van der Waals surface area contributed by atoms with Crippen LogP contribution in [0.15, 0.2) is 36.4 Å². The molecule has 2 aromatic rings. The van der Waals surface area contributed by atoms with Crippen LogP contribution in [0.5, 0.6) is 11.5 Å². The molecule has 0 radical (unpaired) electrons. The summed E-state index contributed by atoms with van der Waals surface area (Å²) in [5.74, 6) is 0.758. The average Bonchev–Trinajstić information content (AvgIpc) is 3.00. The maximum Gasteiger partial charge on any atom is 0.238 e. The quantitative estimate of drug-likeness (QED) is 0.819. The summed E-state index contributed by atoms with van der Waals surface area (Å²) in [7, 11) is 0. The lowest BCUT2D eigenvalue weighted by molar-refractivity contribution is -0.117. The zero-order valence-electron chi connectivity index (χ0n) is 15.4. The van der Waals surface area contributed by atoms with Crippen LogP contribution >= 0.6 is 11.6 Å². The van der Waals surface area contributed by atoms with Crippen molar-refractivity contribution < 1.29 is 18.7 Å². The van der Waals surface area contributed by atoms with Crippen LogP contribution in [0, 0.1) is 5.82 Å². The highest BCUT2D eigenvalue weighted by Crippen LogP contribution is 2.37. The van der Waals surface area contributed by atoms with Crippen LogP contribution in [-0.4, -0.2) is 37.1 Å². The number of nitrogens with zero attached hydrogens (tertiary/aromatic N) is 1. The molecule has 0 aliphatic carbocycles. The van der Waals surface area contributed by atoms with Crippen molar-refractivity contribution in [2.75, 3.05) is 31.6 Å². The van der Waals surface area contributed by atoms with Gasteiger partial charge in [0.05, 0.1) is 25.4 Å². The number of hydrogen-bond acceptors (Lipinski definition) is 4. The third-order valence-corrected chi connectivity index (χ3v) is 5.30. The maximum atomic E-state index is 13.9. The van der Waals surface area contributed by atoms with Gasteiger partial charge in [-0.3, -0.25) is 9.69 Å². The number of likely N-dealkylation sites (tertiary alicyclic amines) is 1. The van der Waals surface area contributed by atoms with Gasteiger partial charge in [-0.2, -0.15) is 0 Å². The van der Waals surface area contributed by atoms with Crippen molar-refractivity contribution in [3.05, 3.63) is 52.8 Å². The van der Waals surface area contributed by atoms with Crippen molar-refractivity contribution in [3.63, 3.8) is 0 Å². The zero-order chi connectivity index (χ0) is 19.5. The molecule has 0 unspecified atom stereocenters. The smallest absolute Gasteiger partial charge is 0.238 e. The molecule has 5 nitrogen and oxygen atoms in total. The zero-order valence-corrected chi connectivity index (χ0v) is 16.2. The van der Waals surface area contributed by atoms with Crippen molar-refractivity contribution in [2.45, 2.75) is 25.3 Å². The number of ether oxygens (including phenoxy) is 2. The summed E-state index contributed by atoms with van der Waals surface area (Å²) in [5.41, 5.74) is 1.20. The van der Waals surface area contributed by atoms with E-state index in [-0.39, 0.29) is 24.2 Å². The number of carbonyl (C=O) groups excluding carboxylic acids is 1. The van der Waals surface area contributed by atoms with E-state index in [1.54, 1.807) is 0 Å². The first kappa shape index (κ1) is 19.0. The molecular formula is C21H22ClFN2O3. The van der Waals surface area contributed by atoms with Gasteiger partial charge >= 0.3 is 0 Å². The minimum atomic E-state index is -0.501. The Kier molecular flexibility index (Phi) is 5.69. The maximum absolute atomic E-state index is 13.9. The summed E-state index contributed by atoms with van der Waals surface area (Å²) in [4.78, 5) is 14.6. The number of benzene rings is 2. The standard InChI is InChI=1S/C21H22ClFN2O3/c22-15-5-6-16(23)17(12-15)24-21(26)13-25-8-1-3-18(25)14-4-7-19-20(11-14)28-10-2-9-27-19/h4-7,11-12,18H,1-3,8-10,13H2,(H,24,26)/t18-/m0/s1. The van der Waals surface area contributed by atoms with E-state index in [2.05, 4.69) is 10.2 Å². The molecule has 1 atom stereocenters. The monoisotopic (exact) mass is 404 g/mol. The second-order valence-electron chi connectivity index (χ2n) is 7.06. The summed E-state index contributed by atoms with van der Waals surface area (Å²) in [5, 5.41) is 3.00. The van der Waals surface area contributed by atoms with E-state index in [0.717, 1.165) is 42.9 Å². The molecule has 148 valence electrons. The van der Waals surface area contributed by atoms with Crippen molar-refractivity contribution >= 4 is 23.2 Å². The van der Waals surface area contributed by atoms with E-state index in [1.807, 2.05) is 18.2 Å². The van der Waals surface area contributed by atoms with E-state index >= 15 is 0 Å². The fourth-order valence-electron chi connectivity index (χ4n) is 3.75. The highest BCUT2D eigenvalue weighted by Gasteiger charge is 2.28. The molecule has 4 rings (SSSR count). The largest absolute Gasteiger partial charge is 0.490 e. The molecule has 2 aromatic carbocycles. The average molecular weight is 405 g/mol. The Balaban J connectivity index is 1.45. The minimum absolute atomic E-state index is 0.101. The van der Waals surface area contributed by atoms with Crippen LogP contribution in [-0.2, 0) is 4.79 Å². The summed E-state index contributed by atoms with van der Waals surface area (Å²) < 4.78 is 25.4. The number of amides is 1. The lowest BCUT2D eigenvalue weighted by Crippen LogP contribution is -2.33. The van der Waals surface area contributed by atoms with Crippen LogP contribution in [0.4, 0.5) is 10.1 Å². The molecule has 0 bridgehead atoms. The van der Waals surface area contributed by atoms with Crippen molar-refractivity contribution in [1.29, 1.82) is 0 Å². The molecule has 28 heavy (non-hydrogen) atoms. The molecular weight excluding hydrogens is 383 g/mol. The topological polar surface area (TPSA) is 50.8 Å². The second kappa shape index (κ2) is 8.37. The van der Waals surface area contributed by atoms with Crippen molar-refractivity contribution in [3.8, 4) is 11.5 Å². The number of rotatable bonds is 4. The van der Waals surface area contributed by atoms with Gasteiger partial charge in [0.25, 0.3) is 0 Å². The molecule has 1 N–H and O–H groups in total. The molecule has 2 aliphatic heterocycles. The molecule has 2 heterocycles. The molecule has 1 saturated heterocycles. The second-order valence-corrected chi connectivity index (χ2v) is 7.49. The Morgan fingerprint density at radius 1 is 1.14 bits per heavy atom. The number of halogens is 2. The van der Waals surface area contributed by atoms with E-state index < -0.39 is 5.82 Å². The van der Waals surface area contributed by atoms with E-state index in [4.69, 9.17) is 21.1 Å². The van der Waals surface area contributed by atoms with Gasteiger partial charge in [0.2, 0.25) is 5.91 Å². The van der Waals surface area contributed by atoms with Gasteiger partial charge in [-0.25, -0.2) is 4.39 Å². The first-order valence-electron chi connectivity index (χ1n) is 9.48. The van der Waals surface area contributed by atoms with Crippen LogP contribution < -0.4 is 14.8 Å². The molecule has 7 heteroatoms. The number of fused-ring (bicyclic) bond motifs is 1. The molecule has 0 saturated carbocycles. The summed E-state index contributed by atoms with van der Waals surface area (Å²) >= 11 is 5.89. The predicted octanol–water partition coefficient (Wildman–Crippen LogP) is 4.42. The molecule has 1 amide bonds. The van der Waals surface area contributed by atoms with Gasteiger partial charge in [-0.15, -0.1) is 0 Å². The summed E-state index contributed by atoms with van der Waals surface area (Å²) in [6.07, 6.45) is 2.82. The van der Waals surface area contributed by atoms with Crippen LogP contribution in [0.1, 0.15) is 30.9 Å². The van der Waals surface area contributed by atoms with Gasteiger partial charge in [0.15, 0.2) is 11.5 Å². The summed E-state index contributed by atoms with van der Waals surface area (Å²) in [6.45, 7) is 2.29. The van der Waals surface area contributed by atoms with Gasteiger partial charge in [0.1, 0.15) is 5.82 Å². The molecule has 2 aliphatic rings. The molecule has 0 aromatic heterocycles. The van der Waals surface area contributed by atoms with Gasteiger partial charge < -0.3 is 14.8 Å². The van der Waals surface area contributed by atoms with Gasteiger partial charge in [0, 0.05) is 17.5 Å². The van der Waals surface area contributed by atoms with Crippen LogP contribution in [0.25, 0.3) is 0 Å². The SMILES string of the molecule is O=C(CN1CCC[C@H]1c1ccc2c(c1)OCCCO2)Nc1cc(Cl)ccc1F. The number of anilines is 1. The van der Waals surface area contributed by atoms with Crippen LogP contribution in [0.2, 0.25) is 5.02 Å². The summed E-state index contributed by atoms with van der Waals surface area (Å²) in [6, 6.07) is 10.2. The van der Waals surface area contributed by atoms with Crippen LogP contribution in [0.3, 0.4) is 0 Å². The van der Waals surface area contributed by atoms with Gasteiger partial charge in [-0.1, -0.05) is 17.7 Å². The highest BCUT2D eigenvalue weighted by molar-refractivity contribution is 6.30. The fraction of sp³-hybridized carbons (Fsp3) is 0.381. The number of nitrogens with one attached hydrogen (secondary N) is 1. The third-order valence-electron chi connectivity index (χ3n) is 5.07. The Morgan fingerprint density at radius 2 is 1.96 bits per heavy atom. The lowest BCUT2D eigenvalue weighted by Gasteiger charge is -2.25. The highest BCUT2D eigenvalue weighted by atomic mass is 35.5. The van der Waals surface area contributed by atoms with E-state index in [0.29, 0.717) is 18.2 Å². The lowest BCUT2D eigenvalue weighted by atomic mass is 10.0. The minimum Gasteiger partial charge on any atom is -0.490 e. The third kappa shape index (κ3) is 4.23. The Labute approximate surface area is 168 Å². The first-order chi connectivity index (χ1) is 13.6. The van der Waals surface area contributed by atoms with Crippen molar-refractivity contribution in [1.82, 2.24) is 4.90 Å². The Bertz CT molecular complexity index is 877. The predicted molar refractivity (Wildman–Crippen MR) is 106 cm³/mol. The molecule has 0 spiro atoms. The first-order valence-corrected chi connectivity index (χ1v) is 9.86. The molecule has 1 fully saturated rings. The number of hydrogen-bond donors (Lipinski definition) is 1.